The van der Waals surface area contributed by atoms with Gasteiger partial charge >= 0.3 is 12.1 Å². The molecule has 2 unspecified atom stereocenters. The monoisotopic (exact) mass is 466 g/mol. The van der Waals surface area contributed by atoms with E-state index in [0.29, 0.717) is 19.3 Å². The second-order valence-electron chi connectivity index (χ2n) is 8.89. The molecule has 2 aromatic carbocycles. The predicted molar refractivity (Wildman–Crippen MR) is 131 cm³/mol. The molecule has 2 atom stereocenters. The van der Waals surface area contributed by atoms with Crippen LogP contribution in [0.2, 0.25) is 0 Å². The zero-order valence-electron chi connectivity index (χ0n) is 19.9. The van der Waals surface area contributed by atoms with Crippen molar-refractivity contribution in [3.63, 3.8) is 0 Å². The minimum atomic E-state index is -0.886. The average Bonchev–Trinajstić information content (AvgIpc) is 3.14. The number of carbonyl (C=O) groups is 3. The van der Waals surface area contributed by atoms with Crippen LogP contribution in [0.15, 0.2) is 48.5 Å². The zero-order chi connectivity index (χ0) is 24.5. The van der Waals surface area contributed by atoms with Gasteiger partial charge in [0.25, 0.3) is 0 Å². The number of carboxylic acid groups (broad SMARTS) is 1. The van der Waals surface area contributed by atoms with Crippen LogP contribution in [-0.4, -0.2) is 42.3 Å². The Morgan fingerprint density at radius 1 is 1.00 bits per heavy atom. The number of alkyl carbamates (subject to hydrolysis) is 1. The third kappa shape index (κ3) is 6.59. The van der Waals surface area contributed by atoms with Gasteiger partial charge in [0.15, 0.2) is 0 Å². The van der Waals surface area contributed by atoms with Gasteiger partial charge in [0.1, 0.15) is 6.61 Å². The molecule has 0 fully saturated rings. The van der Waals surface area contributed by atoms with Crippen molar-refractivity contribution in [2.45, 2.75) is 57.9 Å². The summed E-state index contributed by atoms with van der Waals surface area (Å²) >= 11 is 0. The van der Waals surface area contributed by atoms with Gasteiger partial charge in [-0.05, 0) is 48.4 Å². The SMILES string of the molecule is CCCC(CNC(=O)CCCC(C)NC(=O)OCC1c2ccccc2-c2ccccc21)C(=O)O. The van der Waals surface area contributed by atoms with Crippen LogP contribution in [-0.2, 0) is 14.3 Å². The summed E-state index contributed by atoms with van der Waals surface area (Å²) in [7, 11) is 0. The molecule has 0 bridgehead atoms. The first kappa shape index (κ1) is 25.3. The lowest BCUT2D eigenvalue weighted by atomic mass is 9.98. The highest BCUT2D eigenvalue weighted by Crippen LogP contribution is 2.44. The van der Waals surface area contributed by atoms with E-state index in [4.69, 9.17) is 9.84 Å². The Kier molecular flexibility index (Phi) is 9.08. The van der Waals surface area contributed by atoms with Crippen LogP contribution in [0.1, 0.15) is 63.0 Å². The molecule has 7 nitrogen and oxygen atoms in total. The first-order chi connectivity index (χ1) is 16.4. The van der Waals surface area contributed by atoms with E-state index >= 15 is 0 Å². The molecule has 1 aliphatic rings. The van der Waals surface area contributed by atoms with Crippen LogP contribution >= 0.6 is 0 Å². The normalized spacial score (nSPS) is 13.9. The predicted octanol–water partition coefficient (Wildman–Crippen LogP) is 4.70. The molecule has 3 rings (SSSR count). The molecule has 0 spiro atoms. The number of rotatable bonds is 12. The van der Waals surface area contributed by atoms with Crippen molar-refractivity contribution in [1.29, 1.82) is 0 Å². The van der Waals surface area contributed by atoms with E-state index in [0.717, 1.165) is 6.42 Å². The number of benzene rings is 2. The fourth-order valence-electron chi connectivity index (χ4n) is 4.47. The summed E-state index contributed by atoms with van der Waals surface area (Å²) in [5.41, 5.74) is 4.70. The molecule has 34 heavy (non-hydrogen) atoms. The highest BCUT2D eigenvalue weighted by molar-refractivity contribution is 5.79. The molecule has 0 saturated heterocycles. The number of hydrogen-bond acceptors (Lipinski definition) is 4. The Morgan fingerprint density at radius 2 is 1.62 bits per heavy atom. The number of ether oxygens (including phenoxy) is 1. The van der Waals surface area contributed by atoms with Gasteiger partial charge in [-0.3, -0.25) is 9.59 Å². The van der Waals surface area contributed by atoms with Crippen molar-refractivity contribution in [2.24, 2.45) is 5.92 Å². The van der Waals surface area contributed by atoms with E-state index in [-0.39, 0.29) is 37.4 Å². The number of amides is 2. The topological polar surface area (TPSA) is 105 Å². The fraction of sp³-hybridized carbons (Fsp3) is 0.444. The standard InChI is InChI=1S/C27H34N2O5/c1-3-9-19(26(31)32)16-28-25(30)15-8-10-18(2)29-27(33)34-17-24-22-13-6-4-11-20(22)21-12-5-7-14-23(21)24/h4-7,11-14,18-19,24H,3,8-10,15-17H2,1-2H3,(H,28,30)(H,29,33)(H,31,32). The molecule has 2 amide bonds. The average molecular weight is 467 g/mol. The molecule has 3 N–H and O–H groups in total. The van der Waals surface area contributed by atoms with Crippen molar-refractivity contribution in [2.75, 3.05) is 13.2 Å². The Labute approximate surface area is 200 Å². The van der Waals surface area contributed by atoms with Crippen LogP contribution in [0.5, 0.6) is 0 Å². The summed E-state index contributed by atoms with van der Waals surface area (Å²) in [5, 5.41) is 14.7. The van der Waals surface area contributed by atoms with Crippen LogP contribution in [0, 0.1) is 5.92 Å². The molecule has 0 heterocycles. The summed E-state index contributed by atoms with van der Waals surface area (Å²) in [5.74, 6) is -1.60. The van der Waals surface area contributed by atoms with E-state index in [1.54, 1.807) is 0 Å². The molecule has 7 heteroatoms. The van der Waals surface area contributed by atoms with Crippen molar-refractivity contribution >= 4 is 18.0 Å². The van der Waals surface area contributed by atoms with Gasteiger partial charge in [-0.15, -0.1) is 0 Å². The number of carboxylic acids is 1. The van der Waals surface area contributed by atoms with Crippen molar-refractivity contribution in [3.05, 3.63) is 59.7 Å². The molecule has 0 radical (unpaired) electrons. The maximum atomic E-state index is 12.4. The van der Waals surface area contributed by atoms with Gasteiger partial charge in [0, 0.05) is 24.9 Å². The van der Waals surface area contributed by atoms with Crippen molar-refractivity contribution in [1.82, 2.24) is 10.6 Å². The largest absolute Gasteiger partial charge is 0.481 e. The zero-order valence-corrected chi connectivity index (χ0v) is 19.9. The number of nitrogens with one attached hydrogen (secondary N) is 2. The second-order valence-corrected chi connectivity index (χ2v) is 8.89. The maximum Gasteiger partial charge on any atom is 0.407 e. The Balaban J connectivity index is 1.39. The van der Waals surface area contributed by atoms with E-state index in [9.17, 15) is 14.4 Å². The summed E-state index contributed by atoms with van der Waals surface area (Å²) in [4.78, 5) is 35.5. The second kappa shape index (κ2) is 12.2. The number of aliphatic carboxylic acids is 1. The van der Waals surface area contributed by atoms with Gasteiger partial charge < -0.3 is 20.5 Å². The Bertz CT molecular complexity index is 961. The lowest BCUT2D eigenvalue weighted by Gasteiger charge is -2.17. The molecule has 182 valence electrons. The van der Waals surface area contributed by atoms with E-state index in [1.165, 1.54) is 22.3 Å². The Hall–Kier alpha value is -3.35. The molecular formula is C27H34N2O5. The molecule has 0 aliphatic heterocycles. The molecule has 0 saturated carbocycles. The molecular weight excluding hydrogens is 432 g/mol. The van der Waals surface area contributed by atoms with Crippen LogP contribution in [0.3, 0.4) is 0 Å². The lowest BCUT2D eigenvalue weighted by Crippen LogP contribution is -2.35. The van der Waals surface area contributed by atoms with Gasteiger partial charge in [-0.1, -0.05) is 61.9 Å². The highest BCUT2D eigenvalue weighted by Gasteiger charge is 2.29. The van der Waals surface area contributed by atoms with E-state index in [1.807, 2.05) is 38.1 Å². The first-order valence-corrected chi connectivity index (χ1v) is 12.0. The first-order valence-electron chi connectivity index (χ1n) is 12.0. The van der Waals surface area contributed by atoms with Crippen LogP contribution in [0.25, 0.3) is 11.1 Å². The minimum Gasteiger partial charge on any atom is -0.481 e. The summed E-state index contributed by atoms with van der Waals surface area (Å²) in [6, 6.07) is 16.2. The number of fused-ring (bicyclic) bond motifs is 3. The minimum absolute atomic E-state index is 0.0134. The quantitative estimate of drug-likeness (QED) is 0.421. The molecule has 1 aliphatic carbocycles. The van der Waals surface area contributed by atoms with Crippen molar-refractivity contribution < 1.29 is 24.2 Å². The summed E-state index contributed by atoms with van der Waals surface area (Å²) in [6.45, 7) is 4.21. The molecule has 2 aromatic rings. The van der Waals surface area contributed by atoms with E-state index in [2.05, 4.69) is 34.9 Å². The Morgan fingerprint density at radius 3 is 2.21 bits per heavy atom. The van der Waals surface area contributed by atoms with E-state index < -0.39 is 18.0 Å². The third-order valence-electron chi connectivity index (χ3n) is 6.28. The number of hydrogen-bond donors (Lipinski definition) is 3. The highest BCUT2D eigenvalue weighted by atomic mass is 16.5. The smallest absolute Gasteiger partial charge is 0.407 e. The fourth-order valence-corrected chi connectivity index (χ4v) is 4.47. The summed E-state index contributed by atoms with van der Waals surface area (Å²) < 4.78 is 5.56. The van der Waals surface area contributed by atoms with Gasteiger partial charge in [0.2, 0.25) is 5.91 Å². The van der Waals surface area contributed by atoms with Crippen molar-refractivity contribution in [3.8, 4) is 11.1 Å². The lowest BCUT2D eigenvalue weighted by molar-refractivity contribution is -0.141. The van der Waals surface area contributed by atoms with Crippen LogP contribution in [0.4, 0.5) is 4.79 Å². The van der Waals surface area contributed by atoms with Gasteiger partial charge in [0.05, 0.1) is 5.92 Å². The van der Waals surface area contributed by atoms with Gasteiger partial charge in [-0.25, -0.2) is 4.79 Å². The summed E-state index contributed by atoms with van der Waals surface area (Å²) in [6.07, 6.45) is 2.32. The van der Waals surface area contributed by atoms with Gasteiger partial charge in [-0.2, -0.15) is 0 Å². The number of carbonyl (C=O) groups excluding carboxylic acids is 2. The third-order valence-corrected chi connectivity index (χ3v) is 6.28. The maximum absolute atomic E-state index is 12.4. The van der Waals surface area contributed by atoms with Crippen LogP contribution < -0.4 is 10.6 Å². The molecule has 0 aromatic heterocycles.